The molecule has 0 aromatic carbocycles. The van der Waals surface area contributed by atoms with Crippen molar-refractivity contribution in [2.45, 2.75) is 13.8 Å². The first-order valence-electron chi connectivity index (χ1n) is 3.02. The molecule has 0 atom stereocenters. The van der Waals surface area contributed by atoms with Crippen molar-refractivity contribution in [3.63, 3.8) is 0 Å². The van der Waals surface area contributed by atoms with Crippen molar-refractivity contribution in [1.82, 2.24) is 9.71 Å². The highest BCUT2D eigenvalue weighted by Gasteiger charge is 2.14. The smallest absolute Gasteiger partial charge is 0.236 e. The molecule has 0 aliphatic heterocycles. The standard InChI is InChI=1S/C6H8N2O3/c1-3-6(10)7-5(4(2)9)8(3)11/h10-11H,1-2H3. The Labute approximate surface area is 62.9 Å². The van der Waals surface area contributed by atoms with Gasteiger partial charge in [0.1, 0.15) is 5.69 Å². The zero-order chi connectivity index (χ0) is 8.59. The number of imidazole rings is 1. The number of carbonyl (C=O) groups excluding carboxylic acids is 1. The van der Waals surface area contributed by atoms with Gasteiger partial charge in [-0.3, -0.25) is 4.79 Å². The van der Waals surface area contributed by atoms with E-state index in [1.807, 2.05) is 0 Å². The van der Waals surface area contributed by atoms with Gasteiger partial charge in [0.15, 0.2) is 5.78 Å². The lowest BCUT2D eigenvalue weighted by Gasteiger charge is -1.94. The number of ketones is 1. The number of aromatic hydroxyl groups is 1. The van der Waals surface area contributed by atoms with E-state index in [9.17, 15) is 4.79 Å². The van der Waals surface area contributed by atoms with Crippen molar-refractivity contribution in [2.75, 3.05) is 0 Å². The van der Waals surface area contributed by atoms with Crippen LogP contribution in [0.15, 0.2) is 0 Å². The lowest BCUT2D eigenvalue weighted by molar-refractivity contribution is 0.0951. The van der Waals surface area contributed by atoms with E-state index in [2.05, 4.69) is 4.98 Å². The second-order valence-corrected chi connectivity index (χ2v) is 2.21. The van der Waals surface area contributed by atoms with Gasteiger partial charge in [-0.1, -0.05) is 0 Å². The van der Waals surface area contributed by atoms with Crippen LogP contribution in [0.5, 0.6) is 5.88 Å². The van der Waals surface area contributed by atoms with Gasteiger partial charge < -0.3 is 10.3 Å². The Balaban J connectivity index is 3.29. The molecule has 1 aromatic heterocycles. The van der Waals surface area contributed by atoms with Crippen LogP contribution in [0.1, 0.15) is 23.2 Å². The van der Waals surface area contributed by atoms with Crippen molar-refractivity contribution >= 4 is 5.78 Å². The van der Waals surface area contributed by atoms with Gasteiger partial charge in [0.25, 0.3) is 0 Å². The van der Waals surface area contributed by atoms with Gasteiger partial charge in [-0.05, 0) is 6.92 Å². The first-order valence-corrected chi connectivity index (χ1v) is 3.02. The average Bonchev–Trinajstić information content (AvgIpc) is 2.17. The summed E-state index contributed by atoms with van der Waals surface area (Å²) in [5, 5.41) is 18.0. The third kappa shape index (κ3) is 1.04. The minimum absolute atomic E-state index is 0.153. The van der Waals surface area contributed by atoms with Crippen LogP contribution in [-0.2, 0) is 0 Å². The van der Waals surface area contributed by atoms with Crippen LogP contribution in [0.4, 0.5) is 0 Å². The van der Waals surface area contributed by atoms with Crippen LogP contribution in [0.3, 0.4) is 0 Å². The fourth-order valence-electron chi connectivity index (χ4n) is 0.710. The van der Waals surface area contributed by atoms with E-state index in [1.165, 1.54) is 13.8 Å². The molecule has 0 saturated heterocycles. The van der Waals surface area contributed by atoms with Crippen LogP contribution in [0.25, 0.3) is 0 Å². The first kappa shape index (κ1) is 7.59. The van der Waals surface area contributed by atoms with Crippen molar-refractivity contribution < 1.29 is 15.1 Å². The first-order chi connectivity index (χ1) is 5.04. The molecular weight excluding hydrogens is 148 g/mol. The van der Waals surface area contributed by atoms with E-state index in [0.29, 0.717) is 4.73 Å². The third-order valence-electron chi connectivity index (χ3n) is 1.37. The molecule has 1 aromatic rings. The molecule has 0 aliphatic carbocycles. The van der Waals surface area contributed by atoms with Crippen LogP contribution < -0.4 is 0 Å². The Bertz CT molecular complexity index is 303. The summed E-state index contributed by atoms with van der Waals surface area (Å²) in [7, 11) is 0. The van der Waals surface area contributed by atoms with Crippen LogP contribution in [0.2, 0.25) is 0 Å². The molecule has 0 unspecified atom stereocenters. The minimum Gasteiger partial charge on any atom is -0.492 e. The molecule has 5 heteroatoms. The van der Waals surface area contributed by atoms with Crippen molar-refractivity contribution in [3.8, 4) is 5.88 Å². The maximum absolute atomic E-state index is 10.7. The summed E-state index contributed by atoms with van der Waals surface area (Å²) >= 11 is 0. The summed E-state index contributed by atoms with van der Waals surface area (Å²) in [5.74, 6) is -0.867. The molecule has 0 spiro atoms. The van der Waals surface area contributed by atoms with Gasteiger partial charge in [0.2, 0.25) is 11.7 Å². The molecule has 1 heterocycles. The highest BCUT2D eigenvalue weighted by Crippen LogP contribution is 2.14. The zero-order valence-corrected chi connectivity index (χ0v) is 6.20. The third-order valence-corrected chi connectivity index (χ3v) is 1.37. The van der Waals surface area contributed by atoms with E-state index in [0.717, 1.165) is 0 Å². The maximum Gasteiger partial charge on any atom is 0.236 e. The minimum atomic E-state index is -0.393. The molecule has 0 aliphatic rings. The topological polar surface area (TPSA) is 75.3 Å². The molecule has 0 bridgehead atoms. The van der Waals surface area contributed by atoms with Gasteiger partial charge in [0, 0.05) is 6.92 Å². The van der Waals surface area contributed by atoms with E-state index >= 15 is 0 Å². The predicted molar refractivity (Wildman–Crippen MR) is 35.8 cm³/mol. The number of hydrogen-bond acceptors (Lipinski definition) is 4. The molecule has 0 amide bonds. The van der Waals surface area contributed by atoms with Crippen LogP contribution >= 0.6 is 0 Å². The summed E-state index contributed by atoms with van der Waals surface area (Å²) < 4.78 is 0.567. The fourth-order valence-corrected chi connectivity index (χ4v) is 0.710. The lowest BCUT2D eigenvalue weighted by atomic mass is 10.4. The number of Topliss-reactive ketones (excluding diaryl/α,β-unsaturated/α-hetero) is 1. The van der Waals surface area contributed by atoms with E-state index in [1.54, 1.807) is 0 Å². The van der Waals surface area contributed by atoms with Gasteiger partial charge in [-0.15, -0.1) is 0 Å². The number of aromatic nitrogens is 2. The van der Waals surface area contributed by atoms with Crippen LogP contribution in [0, 0.1) is 6.92 Å². The van der Waals surface area contributed by atoms with Gasteiger partial charge >= 0.3 is 0 Å². The number of nitrogens with zero attached hydrogens (tertiary/aromatic N) is 2. The molecular formula is C6H8N2O3. The molecule has 2 N–H and O–H groups in total. The molecule has 60 valence electrons. The number of carbonyl (C=O) groups is 1. The van der Waals surface area contributed by atoms with Gasteiger partial charge in [-0.2, -0.15) is 9.71 Å². The Morgan fingerprint density at radius 2 is 2.18 bits per heavy atom. The van der Waals surface area contributed by atoms with E-state index < -0.39 is 5.78 Å². The quantitative estimate of drug-likeness (QED) is 0.454. The lowest BCUT2D eigenvalue weighted by Crippen LogP contribution is -2.05. The maximum atomic E-state index is 10.7. The Morgan fingerprint density at radius 1 is 1.64 bits per heavy atom. The second kappa shape index (κ2) is 2.26. The summed E-state index contributed by atoms with van der Waals surface area (Å²) in [6.45, 7) is 2.71. The number of hydrogen-bond donors (Lipinski definition) is 2. The highest BCUT2D eigenvalue weighted by atomic mass is 16.5. The SMILES string of the molecule is CC(=O)c1nc(O)c(C)n1O. The fraction of sp³-hybridized carbons (Fsp3) is 0.333. The molecule has 0 fully saturated rings. The summed E-state index contributed by atoms with van der Waals surface area (Å²) in [5.41, 5.74) is 0.162. The summed E-state index contributed by atoms with van der Waals surface area (Å²) in [4.78, 5) is 14.1. The molecule has 0 saturated carbocycles. The molecule has 11 heavy (non-hydrogen) atoms. The van der Waals surface area contributed by atoms with E-state index in [-0.39, 0.29) is 17.4 Å². The Kier molecular flexibility index (Phi) is 1.56. The molecule has 0 radical (unpaired) electrons. The monoisotopic (exact) mass is 156 g/mol. The predicted octanol–water partition coefficient (Wildman–Crippen LogP) is 0.337. The molecule has 1 rings (SSSR count). The zero-order valence-electron chi connectivity index (χ0n) is 6.20. The Hall–Kier alpha value is -1.52. The Morgan fingerprint density at radius 3 is 2.36 bits per heavy atom. The number of rotatable bonds is 1. The van der Waals surface area contributed by atoms with Crippen molar-refractivity contribution in [1.29, 1.82) is 0 Å². The summed E-state index contributed by atoms with van der Waals surface area (Å²) in [6, 6.07) is 0. The van der Waals surface area contributed by atoms with Crippen molar-refractivity contribution in [2.24, 2.45) is 0 Å². The second-order valence-electron chi connectivity index (χ2n) is 2.21. The van der Waals surface area contributed by atoms with Gasteiger partial charge in [-0.25, -0.2) is 0 Å². The average molecular weight is 156 g/mol. The van der Waals surface area contributed by atoms with Crippen LogP contribution in [-0.4, -0.2) is 25.8 Å². The van der Waals surface area contributed by atoms with Gasteiger partial charge in [0.05, 0.1) is 0 Å². The highest BCUT2D eigenvalue weighted by molar-refractivity contribution is 5.90. The van der Waals surface area contributed by atoms with E-state index in [4.69, 9.17) is 10.3 Å². The molecule has 5 nitrogen and oxygen atoms in total. The van der Waals surface area contributed by atoms with Crippen molar-refractivity contribution in [3.05, 3.63) is 11.5 Å². The normalized spacial score (nSPS) is 10.0. The summed E-state index contributed by atoms with van der Waals surface area (Å²) in [6.07, 6.45) is 0. The largest absolute Gasteiger partial charge is 0.492 e.